The van der Waals surface area contributed by atoms with E-state index in [1.807, 2.05) is 0 Å². The first kappa shape index (κ1) is 14.0. The van der Waals surface area contributed by atoms with Gasteiger partial charge in [-0.1, -0.05) is 11.6 Å². The van der Waals surface area contributed by atoms with Crippen LogP contribution in [0.1, 0.15) is 0 Å². The lowest BCUT2D eigenvalue weighted by Gasteiger charge is -2.09. The van der Waals surface area contributed by atoms with Crippen LogP contribution in [0.15, 0.2) is 47.6 Å². The molecule has 8 heteroatoms. The van der Waals surface area contributed by atoms with Crippen LogP contribution in [0.25, 0.3) is 5.82 Å². The predicted octanol–water partition coefficient (Wildman–Crippen LogP) is 3.96. The Morgan fingerprint density at radius 3 is 2.90 bits per heavy atom. The molecule has 0 fully saturated rings. The van der Waals surface area contributed by atoms with Crippen molar-refractivity contribution in [1.29, 1.82) is 0 Å². The summed E-state index contributed by atoms with van der Waals surface area (Å²) >= 11 is 9.13. The van der Waals surface area contributed by atoms with Crippen LogP contribution in [-0.4, -0.2) is 19.5 Å². The number of hydrogen-bond acceptors (Lipinski definition) is 4. The molecule has 3 aromatic rings. The van der Waals surface area contributed by atoms with Gasteiger partial charge in [0, 0.05) is 24.3 Å². The molecule has 2 aromatic heterocycles. The highest BCUT2D eigenvalue weighted by Gasteiger charge is 2.08. The molecule has 0 aliphatic heterocycles. The summed E-state index contributed by atoms with van der Waals surface area (Å²) in [6, 6.07) is 4.31. The molecule has 1 N–H and O–H groups in total. The highest BCUT2D eigenvalue weighted by atomic mass is 79.9. The van der Waals surface area contributed by atoms with E-state index >= 15 is 0 Å². The van der Waals surface area contributed by atoms with Crippen molar-refractivity contribution < 1.29 is 4.39 Å². The van der Waals surface area contributed by atoms with Gasteiger partial charge in [-0.2, -0.15) is 4.98 Å². The van der Waals surface area contributed by atoms with Crippen molar-refractivity contribution in [3.05, 3.63) is 58.4 Å². The third-order valence-electron chi connectivity index (χ3n) is 2.65. The number of nitrogens with zero attached hydrogens (tertiary/aromatic N) is 4. The number of hydrogen-bond donors (Lipinski definition) is 1. The summed E-state index contributed by atoms with van der Waals surface area (Å²) in [5.74, 6) is 0.529. The van der Waals surface area contributed by atoms with Gasteiger partial charge in [-0.3, -0.25) is 4.57 Å². The Hall–Kier alpha value is -1.99. The first-order valence-corrected chi connectivity index (χ1v) is 7.03. The van der Waals surface area contributed by atoms with Crippen LogP contribution in [0.3, 0.4) is 0 Å². The van der Waals surface area contributed by atoms with Crippen LogP contribution >= 0.6 is 27.5 Å². The number of halogens is 3. The second-order valence-corrected chi connectivity index (χ2v) is 5.35. The van der Waals surface area contributed by atoms with Gasteiger partial charge >= 0.3 is 0 Å². The Morgan fingerprint density at radius 2 is 2.19 bits per heavy atom. The fourth-order valence-corrected chi connectivity index (χ4v) is 2.26. The van der Waals surface area contributed by atoms with Crippen LogP contribution in [0.2, 0.25) is 5.02 Å². The molecular weight excluding hydrogens is 361 g/mol. The third kappa shape index (κ3) is 3.03. The summed E-state index contributed by atoms with van der Waals surface area (Å²) in [4.78, 5) is 12.5. The van der Waals surface area contributed by atoms with E-state index in [0.29, 0.717) is 17.5 Å². The molecular formula is C13H8BrClFN5. The second-order valence-electron chi connectivity index (χ2n) is 4.09. The zero-order valence-corrected chi connectivity index (χ0v) is 12.8. The van der Waals surface area contributed by atoms with Crippen LogP contribution in [0.5, 0.6) is 0 Å². The van der Waals surface area contributed by atoms with E-state index in [1.165, 1.54) is 12.1 Å². The molecule has 0 saturated carbocycles. The van der Waals surface area contributed by atoms with E-state index in [0.717, 1.165) is 4.47 Å². The van der Waals surface area contributed by atoms with Gasteiger partial charge in [0.25, 0.3) is 0 Å². The Bertz CT molecular complexity index is 778. The molecule has 0 spiro atoms. The largest absolute Gasteiger partial charge is 0.324 e. The average molecular weight is 369 g/mol. The van der Waals surface area contributed by atoms with Gasteiger partial charge in [0.1, 0.15) is 12.1 Å². The lowest BCUT2D eigenvalue weighted by atomic mass is 10.3. The van der Waals surface area contributed by atoms with Gasteiger partial charge in [0.15, 0.2) is 5.82 Å². The van der Waals surface area contributed by atoms with Gasteiger partial charge in [-0.25, -0.2) is 14.4 Å². The molecule has 5 nitrogen and oxygen atoms in total. The van der Waals surface area contributed by atoms with Gasteiger partial charge in [-0.15, -0.1) is 0 Å². The minimum atomic E-state index is -0.474. The maximum Gasteiger partial charge on any atom is 0.229 e. The van der Waals surface area contributed by atoms with Gasteiger partial charge in [0.2, 0.25) is 5.95 Å². The maximum atomic E-state index is 13.1. The highest BCUT2D eigenvalue weighted by molar-refractivity contribution is 9.10. The highest BCUT2D eigenvalue weighted by Crippen LogP contribution is 2.23. The molecule has 0 atom stereocenters. The molecule has 21 heavy (non-hydrogen) atoms. The van der Waals surface area contributed by atoms with Crippen molar-refractivity contribution in [2.45, 2.75) is 0 Å². The summed E-state index contributed by atoms with van der Waals surface area (Å²) in [6.07, 6.45) is 6.68. The van der Waals surface area contributed by atoms with Crippen LogP contribution in [0, 0.1) is 5.82 Å². The van der Waals surface area contributed by atoms with E-state index < -0.39 is 5.82 Å². The zero-order chi connectivity index (χ0) is 14.8. The first-order chi connectivity index (χ1) is 10.1. The topological polar surface area (TPSA) is 55.6 Å². The Morgan fingerprint density at radius 1 is 1.33 bits per heavy atom. The molecule has 0 radical (unpaired) electrons. The number of imidazole rings is 1. The molecule has 3 rings (SSSR count). The van der Waals surface area contributed by atoms with Gasteiger partial charge in [0.05, 0.1) is 9.50 Å². The SMILES string of the molecule is Fc1ccc(Nc2ncc(Br)c(-n3ccnc3)n2)cc1Cl. The minimum Gasteiger partial charge on any atom is -0.324 e. The number of nitrogens with one attached hydrogen (secondary N) is 1. The third-order valence-corrected chi connectivity index (χ3v) is 3.50. The molecule has 0 saturated heterocycles. The Kier molecular flexibility index (Phi) is 3.85. The predicted molar refractivity (Wildman–Crippen MR) is 81.5 cm³/mol. The summed E-state index contributed by atoms with van der Waals surface area (Å²) in [5, 5.41) is 3.01. The van der Waals surface area contributed by atoms with Crippen LogP contribution in [0.4, 0.5) is 16.0 Å². The van der Waals surface area contributed by atoms with Crippen molar-refractivity contribution >= 4 is 39.2 Å². The monoisotopic (exact) mass is 367 g/mol. The number of rotatable bonds is 3. The van der Waals surface area contributed by atoms with E-state index in [1.54, 1.807) is 35.6 Å². The normalized spacial score (nSPS) is 10.6. The van der Waals surface area contributed by atoms with Gasteiger partial charge < -0.3 is 5.32 Å². The summed E-state index contributed by atoms with van der Waals surface area (Å²) in [6.45, 7) is 0. The lowest BCUT2D eigenvalue weighted by Crippen LogP contribution is -2.03. The summed E-state index contributed by atoms with van der Waals surface area (Å²) in [5.41, 5.74) is 0.598. The molecule has 106 valence electrons. The average Bonchev–Trinajstić information content (AvgIpc) is 2.99. The fourth-order valence-electron chi connectivity index (χ4n) is 1.69. The van der Waals surface area contributed by atoms with E-state index in [-0.39, 0.29) is 5.02 Å². The van der Waals surface area contributed by atoms with Crippen molar-refractivity contribution in [2.75, 3.05) is 5.32 Å². The smallest absolute Gasteiger partial charge is 0.229 e. The van der Waals surface area contributed by atoms with Crippen LogP contribution in [-0.2, 0) is 0 Å². The molecule has 0 amide bonds. The summed E-state index contributed by atoms with van der Waals surface area (Å²) < 4.78 is 15.6. The minimum absolute atomic E-state index is 0.0342. The van der Waals surface area contributed by atoms with Crippen LogP contribution < -0.4 is 5.32 Å². The summed E-state index contributed by atoms with van der Waals surface area (Å²) in [7, 11) is 0. The zero-order valence-electron chi connectivity index (χ0n) is 10.5. The molecule has 2 heterocycles. The van der Waals surface area contributed by atoms with Crippen molar-refractivity contribution in [3.63, 3.8) is 0 Å². The van der Waals surface area contributed by atoms with Crippen molar-refractivity contribution in [3.8, 4) is 5.82 Å². The number of aromatic nitrogens is 4. The standard InChI is InChI=1S/C13H8BrClFN5/c14-9-6-18-13(20-12(9)21-4-3-17-7-21)19-8-1-2-11(16)10(15)5-8/h1-7H,(H,18,19,20). The van der Waals surface area contributed by atoms with E-state index in [9.17, 15) is 4.39 Å². The van der Waals surface area contributed by atoms with Gasteiger partial charge in [-0.05, 0) is 34.1 Å². The Balaban J connectivity index is 1.93. The number of anilines is 2. The lowest BCUT2D eigenvalue weighted by molar-refractivity contribution is 0.628. The number of benzene rings is 1. The van der Waals surface area contributed by atoms with E-state index in [4.69, 9.17) is 11.6 Å². The fraction of sp³-hybridized carbons (Fsp3) is 0. The first-order valence-electron chi connectivity index (χ1n) is 5.86. The second kappa shape index (κ2) is 5.79. The molecule has 1 aromatic carbocycles. The quantitative estimate of drug-likeness (QED) is 0.760. The molecule has 0 aliphatic carbocycles. The Labute approximate surface area is 133 Å². The van der Waals surface area contributed by atoms with E-state index in [2.05, 4.69) is 36.2 Å². The molecule has 0 aliphatic rings. The maximum absolute atomic E-state index is 13.1. The molecule has 0 bridgehead atoms. The van der Waals surface area contributed by atoms with Crippen molar-refractivity contribution in [1.82, 2.24) is 19.5 Å². The molecule has 0 unspecified atom stereocenters. The van der Waals surface area contributed by atoms with Crippen molar-refractivity contribution in [2.24, 2.45) is 0 Å².